The molecule has 2 fully saturated rings. The largest absolute Gasteiger partial charge is 0.379 e. The summed E-state index contributed by atoms with van der Waals surface area (Å²) in [6.07, 6.45) is 7.17. The summed E-state index contributed by atoms with van der Waals surface area (Å²) in [5.41, 5.74) is 0. The van der Waals surface area contributed by atoms with E-state index in [0.29, 0.717) is 6.04 Å². The van der Waals surface area contributed by atoms with E-state index in [2.05, 4.69) is 5.32 Å². The highest BCUT2D eigenvalue weighted by Crippen LogP contribution is 2.30. The molecule has 70 valence electrons. The van der Waals surface area contributed by atoms with Gasteiger partial charge in [-0.2, -0.15) is 0 Å². The fourth-order valence-corrected chi connectivity index (χ4v) is 2.02. The SMILES string of the molecule is C1CC(CCC2COCCN2)C1. The molecule has 1 aliphatic heterocycles. The Bertz CT molecular complexity index is 128. The zero-order valence-electron chi connectivity index (χ0n) is 7.72. The Morgan fingerprint density at radius 1 is 1.25 bits per heavy atom. The van der Waals surface area contributed by atoms with Crippen LogP contribution in [0.3, 0.4) is 0 Å². The molecule has 1 unspecified atom stereocenters. The first-order chi connectivity index (χ1) is 5.95. The fraction of sp³-hybridized carbons (Fsp3) is 1.00. The lowest BCUT2D eigenvalue weighted by Crippen LogP contribution is -2.41. The minimum Gasteiger partial charge on any atom is -0.379 e. The van der Waals surface area contributed by atoms with E-state index in [0.717, 1.165) is 25.7 Å². The predicted octanol–water partition coefficient (Wildman–Crippen LogP) is 1.56. The molecule has 1 saturated carbocycles. The van der Waals surface area contributed by atoms with Crippen LogP contribution in [0.1, 0.15) is 32.1 Å². The van der Waals surface area contributed by atoms with Crippen molar-refractivity contribution in [3.8, 4) is 0 Å². The molecule has 0 aromatic carbocycles. The molecule has 1 aliphatic carbocycles. The molecule has 2 rings (SSSR count). The molecular weight excluding hydrogens is 150 g/mol. The van der Waals surface area contributed by atoms with Crippen LogP contribution >= 0.6 is 0 Å². The smallest absolute Gasteiger partial charge is 0.0620 e. The van der Waals surface area contributed by atoms with Gasteiger partial charge < -0.3 is 10.1 Å². The lowest BCUT2D eigenvalue weighted by atomic mass is 9.81. The fourth-order valence-electron chi connectivity index (χ4n) is 2.02. The Balaban J connectivity index is 1.58. The molecule has 0 amide bonds. The summed E-state index contributed by atoms with van der Waals surface area (Å²) in [5, 5.41) is 3.50. The molecule has 0 aromatic rings. The highest BCUT2D eigenvalue weighted by Gasteiger charge is 2.20. The van der Waals surface area contributed by atoms with Crippen molar-refractivity contribution in [1.82, 2.24) is 5.32 Å². The van der Waals surface area contributed by atoms with E-state index in [4.69, 9.17) is 4.74 Å². The first-order valence-corrected chi connectivity index (χ1v) is 5.26. The van der Waals surface area contributed by atoms with Crippen molar-refractivity contribution >= 4 is 0 Å². The topological polar surface area (TPSA) is 21.3 Å². The van der Waals surface area contributed by atoms with E-state index in [-0.39, 0.29) is 0 Å². The average molecular weight is 169 g/mol. The molecular formula is C10H19NO. The monoisotopic (exact) mass is 169 g/mol. The molecule has 2 aliphatic rings. The number of hydrogen-bond acceptors (Lipinski definition) is 2. The minimum absolute atomic E-state index is 0.652. The van der Waals surface area contributed by atoms with Crippen LogP contribution in [-0.4, -0.2) is 25.8 Å². The predicted molar refractivity (Wildman–Crippen MR) is 49.2 cm³/mol. The highest BCUT2D eigenvalue weighted by atomic mass is 16.5. The standard InChI is InChI=1S/C10H19NO/c1-2-9(3-1)4-5-10-8-12-7-6-11-10/h9-11H,1-8H2. The molecule has 1 N–H and O–H groups in total. The van der Waals surface area contributed by atoms with Gasteiger partial charge in [0.05, 0.1) is 13.2 Å². The van der Waals surface area contributed by atoms with E-state index < -0.39 is 0 Å². The van der Waals surface area contributed by atoms with Crippen molar-refractivity contribution in [1.29, 1.82) is 0 Å². The molecule has 0 bridgehead atoms. The number of rotatable bonds is 3. The van der Waals surface area contributed by atoms with E-state index in [1.165, 1.54) is 32.1 Å². The Morgan fingerprint density at radius 2 is 2.17 bits per heavy atom. The molecule has 2 nitrogen and oxygen atoms in total. The average Bonchev–Trinajstić information content (AvgIpc) is 2.04. The summed E-state index contributed by atoms with van der Waals surface area (Å²) in [4.78, 5) is 0. The Labute approximate surface area is 74.7 Å². The number of hydrogen-bond donors (Lipinski definition) is 1. The second kappa shape index (κ2) is 4.24. The van der Waals surface area contributed by atoms with E-state index in [1.54, 1.807) is 0 Å². The number of nitrogens with one attached hydrogen (secondary N) is 1. The third-order valence-corrected chi connectivity index (χ3v) is 3.15. The molecule has 12 heavy (non-hydrogen) atoms. The molecule has 2 heteroatoms. The van der Waals surface area contributed by atoms with E-state index in [1.807, 2.05) is 0 Å². The molecule has 0 aromatic heterocycles. The summed E-state index contributed by atoms with van der Waals surface area (Å²) >= 11 is 0. The summed E-state index contributed by atoms with van der Waals surface area (Å²) in [6, 6.07) is 0.652. The highest BCUT2D eigenvalue weighted by molar-refractivity contribution is 4.75. The maximum atomic E-state index is 5.40. The van der Waals surface area contributed by atoms with Crippen molar-refractivity contribution in [3.63, 3.8) is 0 Å². The number of morpholine rings is 1. The Kier molecular flexibility index (Phi) is 3.01. The molecule has 0 radical (unpaired) electrons. The van der Waals surface area contributed by atoms with E-state index in [9.17, 15) is 0 Å². The lowest BCUT2D eigenvalue weighted by molar-refractivity contribution is 0.0702. The van der Waals surface area contributed by atoms with Crippen LogP contribution in [0.25, 0.3) is 0 Å². The van der Waals surface area contributed by atoms with Crippen LogP contribution in [0, 0.1) is 5.92 Å². The third-order valence-electron chi connectivity index (χ3n) is 3.15. The van der Waals surface area contributed by atoms with Gasteiger partial charge in [0.15, 0.2) is 0 Å². The van der Waals surface area contributed by atoms with Crippen LogP contribution in [-0.2, 0) is 4.74 Å². The van der Waals surface area contributed by atoms with Gasteiger partial charge >= 0.3 is 0 Å². The van der Waals surface area contributed by atoms with E-state index >= 15 is 0 Å². The Hall–Kier alpha value is -0.0800. The zero-order valence-corrected chi connectivity index (χ0v) is 7.72. The van der Waals surface area contributed by atoms with Gasteiger partial charge in [-0.1, -0.05) is 19.3 Å². The van der Waals surface area contributed by atoms with Gasteiger partial charge in [-0.15, -0.1) is 0 Å². The van der Waals surface area contributed by atoms with Crippen LogP contribution in [0.15, 0.2) is 0 Å². The first-order valence-electron chi connectivity index (χ1n) is 5.26. The quantitative estimate of drug-likeness (QED) is 0.692. The van der Waals surface area contributed by atoms with Crippen molar-refractivity contribution in [2.24, 2.45) is 5.92 Å². The summed E-state index contributed by atoms with van der Waals surface area (Å²) in [6.45, 7) is 2.89. The first kappa shape index (κ1) is 8.52. The maximum absolute atomic E-state index is 5.40. The zero-order chi connectivity index (χ0) is 8.23. The van der Waals surface area contributed by atoms with Crippen molar-refractivity contribution in [2.75, 3.05) is 19.8 Å². The van der Waals surface area contributed by atoms with Crippen molar-refractivity contribution in [2.45, 2.75) is 38.1 Å². The third kappa shape index (κ3) is 2.20. The number of ether oxygens (including phenoxy) is 1. The van der Waals surface area contributed by atoms with Crippen LogP contribution in [0.4, 0.5) is 0 Å². The van der Waals surface area contributed by atoms with Crippen molar-refractivity contribution in [3.05, 3.63) is 0 Å². The maximum Gasteiger partial charge on any atom is 0.0620 e. The summed E-state index contributed by atoms with van der Waals surface area (Å²) < 4.78 is 5.40. The lowest BCUT2D eigenvalue weighted by Gasteiger charge is -2.29. The normalized spacial score (nSPS) is 31.5. The van der Waals surface area contributed by atoms with Crippen molar-refractivity contribution < 1.29 is 4.74 Å². The van der Waals surface area contributed by atoms with Gasteiger partial charge in [0.25, 0.3) is 0 Å². The van der Waals surface area contributed by atoms with Gasteiger partial charge in [-0.25, -0.2) is 0 Å². The molecule has 1 atom stereocenters. The molecule has 1 heterocycles. The van der Waals surface area contributed by atoms with Gasteiger partial charge in [-0.3, -0.25) is 0 Å². The van der Waals surface area contributed by atoms with Gasteiger partial charge in [0, 0.05) is 12.6 Å². The van der Waals surface area contributed by atoms with Crippen LogP contribution in [0.2, 0.25) is 0 Å². The van der Waals surface area contributed by atoms with Gasteiger partial charge in [-0.05, 0) is 18.8 Å². The van der Waals surface area contributed by atoms with Gasteiger partial charge in [0.1, 0.15) is 0 Å². The van der Waals surface area contributed by atoms with Crippen LogP contribution < -0.4 is 5.32 Å². The second-order valence-electron chi connectivity index (χ2n) is 4.10. The molecule has 0 spiro atoms. The summed E-state index contributed by atoms with van der Waals surface area (Å²) in [7, 11) is 0. The van der Waals surface area contributed by atoms with Gasteiger partial charge in [0.2, 0.25) is 0 Å². The summed E-state index contributed by atoms with van der Waals surface area (Å²) in [5.74, 6) is 1.05. The minimum atomic E-state index is 0.652. The molecule has 1 saturated heterocycles. The Morgan fingerprint density at radius 3 is 2.75 bits per heavy atom. The van der Waals surface area contributed by atoms with Crippen LogP contribution in [0.5, 0.6) is 0 Å². The second-order valence-corrected chi connectivity index (χ2v) is 4.10.